The monoisotopic (exact) mass is 299 g/mol. The van der Waals surface area contributed by atoms with Crippen LogP contribution in [0.25, 0.3) is 0 Å². The highest BCUT2D eigenvalue weighted by Gasteiger charge is 2.29. The fourth-order valence-electron chi connectivity index (χ4n) is 1.26. The first-order valence-corrected chi connectivity index (χ1v) is 6.49. The summed E-state index contributed by atoms with van der Waals surface area (Å²) in [6.45, 7) is 0. The van der Waals surface area contributed by atoms with Gasteiger partial charge in [-0.25, -0.2) is 17.2 Å². The van der Waals surface area contributed by atoms with Crippen LogP contribution < -0.4 is 0 Å². The standard InChI is InChI=1S/C8H4ClF2NO5S/c9-18(16,17)5-1-4(3-13)7(8(10)11)6(2-5)12(14)15/h1-3,8H. The third-order valence-electron chi connectivity index (χ3n) is 1.99. The van der Waals surface area contributed by atoms with Crippen molar-refractivity contribution in [3.8, 4) is 0 Å². The number of carbonyl (C=O) groups is 1. The largest absolute Gasteiger partial charge is 0.298 e. The highest BCUT2D eigenvalue weighted by molar-refractivity contribution is 8.13. The molecule has 18 heavy (non-hydrogen) atoms. The number of hydrogen-bond acceptors (Lipinski definition) is 5. The molecule has 1 rings (SSSR count). The van der Waals surface area contributed by atoms with Crippen molar-refractivity contribution in [2.45, 2.75) is 11.3 Å². The maximum absolute atomic E-state index is 12.6. The first-order chi connectivity index (χ1) is 8.18. The third kappa shape index (κ3) is 2.79. The lowest BCUT2D eigenvalue weighted by Crippen LogP contribution is -2.04. The second kappa shape index (κ2) is 4.94. The van der Waals surface area contributed by atoms with E-state index in [1.165, 1.54) is 0 Å². The van der Waals surface area contributed by atoms with E-state index in [2.05, 4.69) is 0 Å². The van der Waals surface area contributed by atoms with E-state index in [-0.39, 0.29) is 6.29 Å². The SMILES string of the molecule is O=Cc1cc(S(=O)(=O)Cl)cc([N+](=O)[O-])c1C(F)F. The number of alkyl halides is 2. The minimum atomic E-state index is -4.37. The molecule has 0 aliphatic carbocycles. The predicted molar refractivity (Wildman–Crippen MR) is 56.5 cm³/mol. The number of nitro benzene ring substituents is 1. The molecule has 0 unspecified atom stereocenters. The Balaban J connectivity index is 3.75. The molecule has 0 fully saturated rings. The number of benzene rings is 1. The molecule has 0 saturated heterocycles. The van der Waals surface area contributed by atoms with Crippen molar-refractivity contribution in [2.75, 3.05) is 0 Å². The Morgan fingerprint density at radius 1 is 1.39 bits per heavy atom. The van der Waals surface area contributed by atoms with Crippen molar-refractivity contribution in [1.29, 1.82) is 0 Å². The van der Waals surface area contributed by atoms with Crippen LogP contribution in [0, 0.1) is 10.1 Å². The summed E-state index contributed by atoms with van der Waals surface area (Å²) in [5.41, 5.74) is -3.11. The van der Waals surface area contributed by atoms with Crippen LogP contribution in [0.3, 0.4) is 0 Å². The lowest BCUT2D eigenvalue weighted by atomic mass is 10.1. The van der Waals surface area contributed by atoms with Crippen molar-refractivity contribution < 1.29 is 26.9 Å². The summed E-state index contributed by atoms with van der Waals surface area (Å²) in [5, 5.41) is 10.6. The van der Waals surface area contributed by atoms with Gasteiger partial charge in [0.1, 0.15) is 5.56 Å². The Labute approximate surface area is 104 Å². The Morgan fingerprint density at radius 3 is 2.28 bits per heavy atom. The van der Waals surface area contributed by atoms with Gasteiger partial charge in [-0.3, -0.25) is 14.9 Å². The maximum atomic E-state index is 12.6. The van der Waals surface area contributed by atoms with Gasteiger partial charge < -0.3 is 0 Å². The van der Waals surface area contributed by atoms with Crippen LogP contribution in [0.4, 0.5) is 14.5 Å². The van der Waals surface area contributed by atoms with Crippen LogP contribution in [-0.2, 0) is 9.05 Å². The van der Waals surface area contributed by atoms with Gasteiger partial charge in [0.15, 0.2) is 6.29 Å². The molecular weight excluding hydrogens is 296 g/mol. The molecule has 0 spiro atoms. The first kappa shape index (κ1) is 14.5. The predicted octanol–water partition coefficient (Wildman–Crippen LogP) is 2.27. The van der Waals surface area contributed by atoms with Crippen LogP contribution in [0.2, 0.25) is 0 Å². The van der Waals surface area contributed by atoms with Crippen molar-refractivity contribution >= 4 is 31.7 Å². The van der Waals surface area contributed by atoms with Gasteiger partial charge in [-0.2, -0.15) is 0 Å². The summed E-state index contributed by atoms with van der Waals surface area (Å²) >= 11 is 0. The third-order valence-corrected chi connectivity index (χ3v) is 3.32. The lowest BCUT2D eigenvalue weighted by molar-refractivity contribution is -0.386. The van der Waals surface area contributed by atoms with Gasteiger partial charge in [-0.05, 0) is 6.07 Å². The molecule has 0 aliphatic rings. The Hall–Kier alpha value is -1.61. The van der Waals surface area contributed by atoms with Gasteiger partial charge in [-0.1, -0.05) is 0 Å². The number of aldehydes is 1. The Kier molecular flexibility index (Phi) is 3.97. The molecule has 10 heteroatoms. The molecule has 1 aromatic carbocycles. The molecule has 0 bridgehead atoms. The van der Waals surface area contributed by atoms with E-state index in [9.17, 15) is 32.1 Å². The molecule has 0 saturated carbocycles. The fraction of sp³-hybridized carbons (Fsp3) is 0.125. The highest BCUT2D eigenvalue weighted by atomic mass is 35.7. The van der Waals surface area contributed by atoms with Crippen molar-refractivity contribution in [3.05, 3.63) is 33.4 Å². The molecule has 0 aliphatic heterocycles. The van der Waals surface area contributed by atoms with E-state index in [1.807, 2.05) is 0 Å². The summed E-state index contributed by atoms with van der Waals surface area (Å²) < 4.78 is 47.2. The van der Waals surface area contributed by atoms with E-state index < -0.39 is 42.1 Å². The van der Waals surface area contributed by atoms with Crippen LogP contribution in [0.15, 0.2) is 17.0 Å². The number of nitrogens with zero attached hydrogens (tertiary/aromatic N) is 1. The van der Waals surface area contributed by atoms with Gasteiger partial charge in [-0.15, -0.1) is 0 Å². The molecule has 0 atom stereocenters. The molecule has 0 aromatic heterocycles. The van der Waals surface area contributed by atoms with Gasteiger partial charge in [0.25, 0.3) is 21.2 Å². The molecule has 0 amide bonds. The number of nitro groups is 1. The molecule has 98 valence electrons. The fourth-order valence-corrected chi connectivity index (χ4v) is 2.05. The highest BCUT2D eigenvalue weighted by Crippen LogP contribution is 2.34. The minimum absolute atomic E-state index is 0.0972. The normalized spacial score (nSPS) is 11.6. The molecule has 1 aromatic rings. The number of carbonyl (C=O) groups excluding carboxylic acids is 1. The molecular formula is C8H4ClF2NO5S. The van der Waals surface area contributed by atoms with Crippen LogP contribution >= 0.6 is 10.7 Å². The van der Waals surface area contributed by atoms with Crippen LogP contribution in [0.5, 0.6) is 0 Å². The Bertz CT molecular complexity index is 616. The van der Waals surface area contributed by atoms with Gasteiger partial charge in [0.05, 0.1) is 9.82 Å². The summed E-state index contributed by atoms with van der Waals surface area (Å²) in [4.78, 5) is 19.2. The van der Waals surface area contributed by atoms with Gasteiger partial charge in [0, 0.05) is 22.3 Å². The van der Waals surface area contributed by atoms with E-state index in [1.54, 1.807) is 0 Å². The second-order valence-electron chi connectivity index (χ2n) is 3.06. The van der Waals surface area contributed by atoms with Crippen molar-refractivity contribution in [3.63, 3.8) is 0 Å². The number of halogens is 3. The van der Waals surface area contributed by atoms with E-state index in [4.69, 9.17) is 10.7 Å². The zero-order valence-corrected chi connectivity index (χ0v) is 9.91. The Morgan fingerprint density at radius 2 is 1.94 bits per heavy atom. The van der Waals surface area contributed by atoms with Crippen molar-refractivity contribution in [2.24, 2.45) is 0 Å². The van der Waals surface area contributed by atoms with Gasteiger partial charge in [0.2, 0.25) is 0 Å². The zero-order chi connectivity index (χ0) is 14.1. The molecule has 6 nitrogen and oxygen atoms in total. The lowest BCUT2D eigenvalue weighted by Gasteiger charge is -2.06. The maximum Gasteiger partial charge on any atom is 0.280 e. The van der Waals surface area contributed by atoms with E-state index in [0.717, 1.165) is 0 Å². The summed E-state index contributed by atoms with van der Waals surface area (Å²) in [7, 11) is 0.572. The molecule has 0 heterocycles. The van der Waals surface area contributed by atoms with E-state index >= 15 is 0 Å². The molecule has 0 radical (unpaired) electrons. The van der Waals surface area contributed by atoms with Crippen molar-refractivity contribution in [1.82, 2.24) is 0 Å². The van der Waals surface area contributed by atoms with Crippen LogP contribution in [-0.4, -0.2) is 19.6 Å². The first-order valence-electron chi connectivity index (χ1n) is 4.18. The van der Waals surface area contributed by atoms with Gasteiger partial charge >= 0.3 is 0 Å². The zero-order valence-electron chi connectivity index (χ0n) is 8.34. The molecule has 0 N–H and O–H groups in total. The number of rotatable bonds is 4. The topological polar surface area (TPSA) is 94.3 Å². The summed E-state index contributed by atoms with van der Waals surface area (Å²) in [5.74, 6) is 0. The number of hydrogen-bond donors (Lipinski definition) is 0. The summed E-state index contributed by atoms with van der Waals surface area (Å²) in [6.07, 6.45) is -3.39. The summed E-state index contributed by atoms with van der Waals surface area (Å²) in [6, 6.07) is 0.945. The van der Waals surface area contributed by atoms with E-state index in [0.29, 0.717) is 12.1 Å². The average Bonchev–Trinajstić information content (AvgIpc) is 2.25. The smallest absolute Gasteiger partial charge is 0.280 e. The quantitative estimate of drug-likeness (QED) is 0.368. The van der Waals surface area contributed by atoms with Crippen LogP contribution in [0.1, 0.15) is 22.3 Å². The second-order valence-corrected chi connectivity index (χ2v) is 5.62. The minimum Gasteiger partial charge on any atom is -0.298 e. The average molecular weight is 300 g/mol.